The van der Waals surface area contributed by atoms with Crippen LogP contribution in [0.4, 0.5) is 4.39 Å². The number of piperidine rings is 1. The third-order valence-electron chi connectivity index (χ3n) is 9.48. The minimum atomic E-state index is -0.634. The van der Waals surface area contributed by atoms with Crippen LogP contribution in [0.3, 0.4) is 0 Å². The largest absolute Gasteiger partial charge is 0.505 e. The Morgan fingerprint density at radius 2 is 1.98 bits per heavy atom. The van der Waals surface area contributed by atoms with Gasteiger partial charge in [0.05, 0.1) is 29.5 Å². The van der Waals surface area contributed by atoms with E-state index >= 15 is 0 Å². The van der Waals surface area contributed by atoms with E-state index in [1.165, 1.54) is 31.4 Å². The van der Waals surface area contributed by atoms with Gasteiger partial charge in [-0.3, -0.25) is 24.7 Å². The standard InChI is InChI=1S/C33H42FN7O2/c1-4-21-14-32(42)26(34)15-25(21)22-9-10-24-27(13-22)37-38-29(24)17-36-30-20-39(5-2)31(16-28(30)35-3)33(43)41-18-23(19-41)40-11-7-6-8-12-40/h9-10,13-15,23,31,36,42H,3-8,11-12,16-20H2,1-2H3,(H,37,38). The third-order valence-corrected chi connectivity index (χ3v) is 9.48. The lowest BCUT2D eigenvalue weighted by atomic mass is 9.96. The molecule has 2 aromatic carbocycles. The lowest BCUT2D eigenvalue weighted by Crippen LogP contribution is -2.65. The van der Waals surface area contributed by atoms with Gasteiger partial charge in [0, 0.05) is 43.2 Å². The summed E-state index contributed by atoms with van der Waals surface area (Å²) >= 11 is 0. The maximum Gasteiger partial charge on any atom is 0.240 e. The summed E-state index contributed by atoms with van der Waals surface area (Å²) in [7, 11) is 0. The number of aromatic hydroxyl groups is 1. The van der Waals surface area contributed by atoms with E-state index < -0.39 is 5.82 Å². The van der Waals surface area contributed by atoms with Gasteiger partial charge in [-0.05, 0) is 80.5 Å². The normalized spacial score (nSPS) is 20.4. The number of benzene rings is 2. The molecule has 3 N–H and O–H groups in total. The first-order chi connectivity index (χ1) is 20.9. The van der Waals surface area contributed by atoms with Crippen LogP contribution in [0, 0.1) is 5.82 Å². The predicted molar refractivity (Wildman–Crippen MR) is 167 cm³/mol. The summed E-state index contributed by atoms with van der Waals surface area (Å²) in [5, 5.41) is 22.0. The second-order valence-electron chi connectivity index (χ2n) is 12.0. The van der Waals surface area contributed by atoms with E-state index in [1.807, 2.05) is 30.0 Å². The molecule has 0 saturated carbocycles. The van der Waals surface area contributed by atoms with Gasteiger partial charge in [0.25, 0.3) is 0 Å². The molecule has 6 rings (SSSR count). The first-order valence-electron chi connectivity index (χ1n) is 15.6. The van der Waals surface area contributed by atoms with Crippen LogP contribution in [-0.2, 0) is 17.8 Å². The van der Waals surface area contributed by atoms with Gasteiger partial charge in [-0.1, -0.05) is 32.4 Å². The molecule has 3 aliphatic heterocycles. The smallest absolute Gasteiger partial charge is 0.240 e. The maximum absolute atomic E-state index is 14.2. The van der Waals surface area contributed by atoms with Gasteiger partial charge in [-0.25, -0.2) is 4.39 Å². The number of aliphatic imine (C=N–C) groups is 1. The van der Waals surface area contributed by atoms with Crippen molar-refractivity contribution in [3.05, 3.63) is 58.8 Å². The molecular formula is C33H42FN7O2. The van der Waals surface area contributed by atoms with Gasteiger partial charge >= 0.3 is 0 Å². The molecule has 1 unspecified atom stereocenters. The zero-order valence-electron chi connectivity index (χ0n) is 25.2. The highest BCUT2D eigenvalue weighted by atomic mass is 19.1. The Bertz CT molecular complexity index is 1540. The zero-order chi connectivity index (χ0) is 30.1. The van der Waals surface area contributed by atoms with E-state index in [2.05, 4.69) is 43.9 Å². The van der Waals surface area contributed by atoms with Crippen LogP contribution in [0.1, 0.15) is 50.8 Å². The molecule has 1 amide bonds. The van der Waals surface area contributed by atoms with Crippen LogP contribution in [0.25, 0.3) is 22.0 Å². The number of aryl methyl sites for hydroxylation is 1. The predicted octanol–water partition coefficient (Wildman–Crippen LogP) is 4.43. The fourth-order valence-electron chi connectivity index (χ4n) is 6.83. The number of halogens is 1. The van der Waals surface area contributed by atoms with Gasteiger partial charge in [0.1, 0.15) is 0 Å². The Morgan fingerprint density at radius 1 is 1.19 bits per heavy atom. The number of phenols is 1. The Morgan fingerprint density at radius 3 is 2.70 bits per heavy atom. The Labute approximate surface area is 252 Å². The molecule has 0 spiro atoms. The summed E-state index contributed by atoms with van der Waals surface area (Å²) in [6.07, 6.45) is 5.06. The van der Waals surface area contributed by atoms with Crippen LogP contribution in [-0.4, -0.2) is 94.0 Å². The summed E-state index contributed by atoms with van der Waals surface area (Å²) in [6, 6.07) is 9.09. The SMILES string of the molecule is C=NC1=C(NCc2n[nH]c3cc(-c4cc(F)c(O)cc4CC)ccc23)CN(CC)C(C(=O)N2CC(N3CCCCC3)C2)C1. The molecule has 2 fully saturated rings. The number of nitrogens with one attached hydrogen (secondary N) is 2. The molecule has 3 aromatic rings. The number of amides is 1. The van der Waals surface area contributed by atoms with Gasteiger partial charge in [0.15, 0.2) is 11.6 Å². The number of nitrogens with zero attached hydrogens (tertiary/aromatic N) is 5. The fourth-order valence-corrected chi connectivity index (χ4v) is 6.83. The second kappa shape index (κ2) is 12.5. The number of likely N-dealkylation sites (N-methyl/N-ethyl adjacent to an activating group) is 1. The van der Waals surface area contributed by atoms with Crippen molar-refractivity contribution in [3.8, 4) is 16.9 Å². The summed E-state index contributed by atoms with van der Waals surface area (Å²) in [5.74, 6) is -0.767. The molecule has 0 radical (unpaired) electrons. The number of fused-ring (bicyclic) bond motifs is 1. The minimum absolute atomic E-state index is 0.198. The van der Waals surface area contributed by atoms with E-state index in [1.54, 1.807) is 0 Å². The van der Waals surface area contributed by atoms with Gasteiger partial charge in [-0.15, -0.1) is 0 Å². The van der Waals surface area contributed by atoms with E-state index in [0.717, 1.165) is 77.4 Å². The molecular weight excluding hydrogens is 545 g/mol. The molecule has 4 heterocycles. The molecule has 0 aliphatic carbocycles. The number of phenolic OH excluding ortho intramolecular Hbond substituents is 1. The van der Waals surface area contributed by atoms with Crippen LogP contribution >= 0.6 is 0 Å². The number of aromatic amines is 1. The maximum atomic E-state index is 14.2. The van der Waals surface area contributed by atoms with Crippen molar-refractivity contribution in [2.45, 2.75) is 64.6 Å². The molecule has 228 valence electrons. The molecule has 0 bridgehead atoms. The monoisotopic (exact) mass is 587 g/mol. The molecule has 43 heavy (non-hydrogen) atoms. The minimum Gasteiger partial charge on any atom is -0.505 e. The first-order valence-corrected chi connectivity index (χ1v) is 15.6. The van der Waals surface area contributed by atoms with Crippen molar-refractivity contribution in [2.24, 2.45) is 4.99 Å². The molecule has 2 saturated heterocycles. The number of carbonyl (C=O) groups is 1. The average molecular weight is 588 g/mol. The lowest BCUT2D eigenvalue weighted by Gasteiger charge is -2.49. The lowest BCUT2D eigenvalue weighted by molar-refractivity contribution is -0.145. The average Bonchev–Trinajstić information content (AvgIpc) is 3.42. The molecule has 3 aliphatic rings. The number of carbonyl (C=O) groups excluding carboxylic acids is 1. The second-order valence-corrected chi connectivity index (χ2v) is 12.0. The number of hydrogen-bond acceptors (Lipinski definition) is 7. The summed E-state index contributed by atoms with van der Waals surface area (Å²) in [4.78, 5) is 24.7. The highest BCUT2D eigenvalue weighted by Gasteiger charge is 2.41. The molecule has 1 atom stereocenters. The quantitative estimate of drug-likeness (QED) is 0.321. The highest BCUT2D eigenvalue weighted by molar-refractivity contribution is 5.87. The van der Waals surface area contributed by atoms with Crippen LogP contribution in [0.2, 0.25) is 0 Å². The number of aromatic nitrogens is 2. The van der Waals surface area contributed by atoms with Crippen molar-refractivity contribution in [1.82, 2.24) is 30.2 Å². The number of likely N-dealkylation sites (tertiary alicyclic amines) is 2. The molecule has 1 aromatic heterocycles. The summed E-state index contributed by atoms with van der Waals surface area (Å²) in [6.45, 7) is 13.7. The Kier molecular flexibility index (Phi) is 8.50. The van der Waals surface area contributed by atoms with Gasteiger partial charge in [-0.2, -0.15) is 5.10 Å². The fraction of sp³-hybridized carbons (Fsp3) is 0.485. The number of H-pyrrole nitrogens is 1. The molecule has 9 nitrogen and oxygen atoms in total. The summed E-state index contributed by atoms with van der Waals surface area (Å²) < 4.78 is 14.2. The van der Waals surface area contributed by atoms with Crippen LogP contribution in [0.15, 0.2) is 46.7 Å². The zero-order valence-corrected chi connectivity index (χ0v) is 25.2. The van der Waals surface area contributed by atoms with E-state index in [4.69, 9.17) is 0 Å². The van der Waals surface area contributed by atoms with Crippen LogP contribution < -0.4 is 5.32 Å². The third kappa shape index (κ3) is 5.78. The van der Waals surface area contributed by atoms with E-state index in [0.29, 0.717) is 32.0 Å². The Balaban J connectivity index is 1.13. The number of rotatable bonds is 9. The van der Waals surface area contributed by atoms with Crippen molar-refractivity contribution < 1.29 is 14.3 Å². The highest BCUT2D eigenvalue weighted by Crippen LogP contribution is 2.33. The topological polar surface area (TPSA) is 100 Å². The number of hydrogen-bond donors (Lipinski definition) is 3. The van der Waals surface area contributed by atoms with E-state index in [9.17, 15) is 14.3 Å². The first kappa shape index (κ1) is 29.3. The van der Waals surface area contributed by atoms with Crippen molar-refractivity contribution in [1.29, 1.82) is 0 Å². The Hall–Kier alpha value is -3.76. The van der Waals surface area contributed by atoms with Crippen molar-refractivity contribution in [3.63, 3.8) is 0 Å². The van der Waals surface area contributed by atoms with Gasteiger partial charge in [0.2, 0.25) is 5.91 Å². The summed E-state index contributed by atoms with van der Waals surface area (Å²) in [5.41, 5.74) is 6.00. The van der Waals surface area contributed by atoms with Crippen LogP contribution in [0.5, 0.6) is 5.75 Å². The van der Waals surface area contributed by atoms with Gasteiger partial charge < -0.3 is 15.3 Å². The van der Waals surface area contributed by atoms with Crippen molar-refractivity contribution in [2.75, 3.05) is 39.3 Å². The van der Waals surface area contributed by atoms with E-state index in [-0.39, 0.29) is 17.7 Å². The van der Waals surface area contributed by atoms with Crippen molar-refractivity contribution >= 4 is 23.5 Å². The molecule has 10 heteroatoms.